The summed E-state index contributed by atoms with van der Waals surface area (Å²) in [6.45, 7) is 1.84. The van der Waals surface area contributed by atoms with Crippen LogP contribution in [0.5, 0.6) is 0 Å². The van der Waals surface area contributed by atoms with Gasteiger partial charge in [-0.05, 0) is 41.1 Å². The van der Waals surface area contributed by atoms with Gasteiger partial charge in [0.05, 0.1) is 24.3 Å². The summed E-state index contributed by atoms with van der Waals surface area (Å²) in [5.41, 5.74) is -0.870. The van der Waals surface area contributed by atoms with Crippen LogP contribution in [-0.4, -0.2) is 18.5 Å². The zero-order valence-electron chi connectivity index (χ0n) is 11.1. The van der Waals surface area contributed by atoms with Gasteiger partial charge in [0.25, 0.3) is 0 Å². The highest BCUT2D eigenvalue weighted by atomic mass is 79.9. The van der Waals surface area contributed by atoms with Crippen LogP contribution in [0.4, 0.5) is 18.9 Å². The lowest BCUT2D eigenvalue weighted by atomic mass is 10.2. The molecule has 0 saturated carbocycles. The van der Waals surface area contributed by atoms with Gasteiger partial charge in [0.1, 0.15) is 0 Å². The van der Waals surface area contributed by atoms with Crippen molar-refractivity contribution in [2.45, 2.75) is 25.9 Å². The van der Waals surface area contributed by atoms with Gasteiger partial charge < -0.3 is 10.1 Å². The van der Waals surface area contributed by atoms with Crippen LogP contribution in [0.3, 0.4) is 0 Å². The Bertz CT molecular complexity index is 532. The van der Waals surface area contributed by atoms with Gasteiger partial charge in [0, 0.05) is 10.9 Å². The first-order chi connectivity index (χ1) is 9.74. The van der Waals surface area contributed by atoms with Crippen molar-refractivity contribution in [2.75, 3.05) is 11.9 Å². The van der Waals surface area contributed by atoms with E-state index < -0.39 is 23.6 Å². The van der Waals surface area contributed by atoms with Crippen LogP contribution in [0.2, 0.25) is 0 Å². The molecule has 0 bridgehead atoms. The lowest BCUT2D eigenvalue weighted by molar-refractivity contribution is -0.144. The molecule has 0 aliphatic heterocycles. The summed E-state index contributed by atoms with van der Waals surface area (Å²) in [6, 6.07) is 2.93. The molecular formula is C13H13BrF3NO3. The van der Waals surface area contributed by atoms with Crippen LogP contribution in [0.15, 0.2) is 22.7 Å². The molecule has 4 nitrogen and oxygen atoms in total. The summed E-state index contributed by atoms with van der Waals surface area (Å²) in [4.78, 5) is 22.7. The SMILES string of the molecule is CCOC(=O)CCC(=O)Nc1cc(C(F)(F)F)ccc1Br. The molecule has 0 fully saturated rings. The molecule has 21 heavy (non-hydrogen) atoms. The fraction of sp³-hybridized carbons (Fsp3) is 0.385. The first-order valence-electron chi connectivity index (χ1n) is 6.06. The Hall–Kier alpha value is -1.57. The molecule has 0 aromatic heterocycles. The third-order valence-corrected chi connectivity index (χ3v) is 3.12. The van der Waals surface area contributed by atoms with E-state index in [1.54, 1.807) is 6.92 Å². The molecule has 1 aromatic carbocycles. The Kier molecular flexibility index (Phi) is 6.19. The van der Waals surface area contributed by atoms with Gasteiger partial charge in [-0.3, -0.25) is 9.59 Å². The summed E-state index contributed by atoms with van der Waals surface area (Å²) in [5, 5.41) is 2.33. The Morgan fingerprint density at radius 3 is 2.52 bits per heavy atom. The zero-order chi connectivity index (χ0) is 16.0. The number of amides is 1. The highest BCUT2D eigenvalue weighted by Crippen LogP contribution is 2.33. The molecule has 0 radical (unpaired) electrons. The Labute approximate surface area is 127 Å². The van der Waals surface area contributed by atoms with E-state index in [0.717, 1.165) is 12.1 Å². The van der Waals surface area contributed by atoms with Crippen LogP contribution in [0, 0.1) is 0 Å². The quantitative estimate of drug-likeness (QED) is 0.806. The Morgan fingerprint density at radius 2 is 1.95 bits per heavy atom. The minimum Gasteiger partial charge on any atom is -0.466 e. The number of carbonyl (C=O) groups excluding carboxylic acids is 2. The Morgan fingerprint density at radius 1 is 1.29 bits per heavy atom. The fourth-order valence-corrected chi connectivity index (χ4v) is 1.80. The van der Waals surface area contributed by atoms with Gasteiger partial charge in [0.15, 0.2) is 0 Å². The van der Waals surface area contributed by atoms with Gasteiger partial charge in [0.2, 0.25) is 5.91 Å². The first kappa shape index (κ1) is 17.5. The van der Waals surface area contributed by atoms with Crippen molar-refractivity contribution in [1.29, 1.82) is 0 Å². The van der Waals surface area contributed by atoms with Crippen molar-refractivity contribution in [2.24, 2.45) is 0 Å². The maximum Gasteiger partial charge on any atom is 0.416 e. The maximum absolute atomic E-state index is 12.6. The van der Waals surface area contributed by atoms with E-state index in [1.165, 1.54) is 6.07 Å². The molecule has 0 aliphatic rings. The van der Waals surface area contributed by atoms with Gasteiger partial charge in [-0.1, -0.05) is 0 Å². The molecule has 1 aromatic rings. The highest BCUT2D eigenvalue weighted by molar-refractivity contribution is 9.10. The summed E-state index contributed by atoms with van der Waals surface area (Å²) >= 11 is 3.06. The zero-order valence-corrected chi connectivity index (χ0v) is 12.7. The van der Waals surface area contributed by atoms with E-state index in [2.05, 4.69) is 26.0 Å². The van der Waals surface area contributed by atoms with Gasteiger partial charge in [-0.15, -0.1) is 0 Å². The predicted octanol–water partition coefficient (Wildman–Crippen LogP) is 3.75. The van der Waals surface area contributed by atoms with Crippen molar-refractivity contribution in [1.82, 2.24) is 0 Å². The third-order valence-electron chi connectivity index (χ3n) is 2.43. The van der Waals surface area contributed by atoms with Gasteiger partial charge in [-0.25, -0.2) is 0 Å². The van der Waals surface area contributed by atoms with E-state index in [1.807, 2.05) is 0 Å². The van der Waals surface area contributed by atoms with Crippen molar-refractivity contribution in [3.05, 3.63) is 28.2 Å². The second kappa shape index (κ2) is 7.44. The number of carbonyl (C=O) groups is 2. The second-order valence-corrected chi connectivity index (χ2v) is 4.90. The van der Waals surface area contributed by atoms with Crippen molar-refractivity contribution >= 4 is 33.5 Å². The summed E-state index contributed by atoms with van der Waals surface area (Å²) in [7, 11) is 0. The minimum absolute atomic E-state index is 0.00122. The molecule has 116 valence electrons. The number of hydrogen-bond donors (Lipinski definition) is 1. The number of esters is 1. The minimum atomic E-state index is -4.49. The number of halogens is 4. The number of benzene rings is 1. The molecule has 0 saturated heterocycles. The smallest absolute Gasteiger partial charge is 0.416 e. The van der Waals surface area contributed by atoms with Crippen LogP contribution in [0.25, 0.3) is 0 Å². The van der Waals surface area contributed by atoms with E-state index in [-0.39, 0.29) is 25.1 Å². The monoisotopic (exact) mass is 367 g/mol. The molecule has 1 amide bonds. The highest BCUT2D eigenvalue weighted by Gasteiger charge is 2.31. The number of hydrogen-bond acceptors (Lipinski definition) is 3. The number of ether oxygens (including phenoxy) is 1. The molecule has 0 heterocycles. The largest absolute Gasteiger partial charge is 0.466 e. The number of rotatable bonds is 5. The van der Waals surface area contributed by atoms with Crippen molar-refractivity contribution in [3.63, 3.8) is 0 Å². The average molecular weight is 368 g/mol. The van der Waals surface area contributed by atoms with Gasteiger partial charge >= 0.3 is 12.1 Å². The molecule has 1 rings (SSSR count). The third kappa shape index (κ3) is 5.74. The molecule has 1 N–H and O–H groups in total. The lowest BCUT2D eigenvalue weighted by Crippen LogP contribution is -2.15. The molecule has 8 heteroatoms. The first-order valence-corrected chi connectivity index (χ1v) is 6.85. The number of anilines is 1. The molecule has 0 atom stereocenters. The number of alkyl halides is 3. The van der Waals surface area contributed by atoms with E-state index in [4.69, 9.17) is 0 Å². The standard InChI is InChI=1S/C13H13BrF3NO3/c1-2-21-12(20)6-5-11(19)18-10-7-8(13(15,16)17)3-4-9(10)14/h3-4,7H,2,5-6H2,1H3,(H,18,19). The van der Waals surface area contributed by atoms with Crippen LogP contribution >= 0.6 is 15.9 Å². The molecule has 0 spiro atoms. The summed E-state index contributed by atoms with van der Waals surface area (Å²) in [5.74, 6) is -1.10. The maximum atomic E-state index is 12.6. The average Bonchev–Trinajstić information content (AvgIpc) is 2.38. The van der Waals surface area contributed by atoms with E-state index in [9.17, 15) is 22.8 Å². The summed E-state index contributed by atoms with van der Waals surface area (Å²) in [6.07, 6.45) is -4.79. The normalized spacial score (nSPS) is 11.1. The predicted molar refractivity (Wildman–Crippen MR) is 73.6 cm³/mol. The summed E-state index contributed by atoms with van der Waals surface area (Å²) < 4.78 is 42.7. The van der Waals surface area contributed by atoms with E-state index >= 15 is 0 Å². The molecular weight excluding hydrogens is 355 g/mol. The van der Waals surface area contributed by atoms with Crippen molar-refractivity contribution in [3.8, 4) is 0 Å². The van der Waals surface area contributed by atoms with Crippen molar-refractivity contribution < 1.29 is 27.5 Å². The topological polar surface area (TPSA) is 55.4 Å². The van der Waals surface area contributed by atoms with Crippen LogP contribution in [-0.2, 0) is 20.5 Å². The van der Waals surface area contributed by atoms with Crippen LogP contribution < -0.4 is 5.32 Å². The molecule has 0 unspecified atom stereocenters. The molecule has 0 aliphatic carbocycles. The van der Waals surface area contributed by atoms with E-state index in [0.29, 0.717) is 4.47 Å². The van der Waals surface area contributed by atoms with Gasteiger partial charge in [-0.2, -0.15) is 13.2 Å². The lowest BCUT2D eigenvalue weighted by Gasteiger charge is -2.11. The van der Waals surface area contributed by atoms with Crippen LogP contribution in [0.1, 0.15) is 25.3 Å². The number of nitrogens with one attached hydrogen (secondary N) is 1. The fourth-order valence-electron chi connectivity index (χ4n) is 1.46. The Balaban J connectivity index is 2.69. The second-order valence-electron chi connectivity index (χ2n) is 4.05.